The fourth-order valence-electron chi connectivity index (χ4n) is 2.15. The summed E-state index contributed by atoms with van der Waals surface area (Å²) in [6, 6.07) is 4.24. The van der Waals surface area contributed by atoms with E-state index in [9.17, 15) is 19.7 Å². The van der Waals surface area contributed by atoms with Gasteiger partial charge in [0, 0.05) is 28.1 Å². The molecule has 0 aliphatic rings. The van der Waals surface area contributed by atoms with Gasteiger partial charge in [0.15, 0.2) is 9.47 Å². The Morgan fingerprint density at radius 3 is 2.71 bits per heavy atom. The molecule has 9 nitrogen and oxygen atoms in total. The van der Waals surface area contributed by atoms with Crippen LogP contribution in [0.3, 0.4) is 0 Å². The van der Waals surface area contributed by atoms with Gasteiger partial charge < -0.3 is 5.73 Å². The van der Waals surface area contributed by atoms with Crippen LogP contribution in [0.4, 0.5) is 10.8 Å². The second-order valence-electron chi connectivity index (χ2n) is 5.54. The highest BCUT2D eigenvalue weighted by atomic mass is 32.2. The van der Waals surface area contributed by atoms with Crippen molar-refractivity contribution in [2.75, 3.05) is 5.32 Å². The van der Waals surface area contributed by atoms with Gasteiger partial charge in [-0.25, -0.2) is 9.97 Å². The van der Waals surface area contributed by atoms with Gasteiger partial charge in [-0.1, -0.05) is 11.8 Å². The van der Waals surface area contributed by atoms with Gasteiger partial charge in [-0.05, 0) is 19.1 Å². The van der Waals surface area contributed by atoms with E-state index in [-0.39, 0.29) is 22.8 Å². The molecular weight excluding hydrogens is 422 g/mol. The second-order valence-corrected chi connectivity index (χ2v) is 8.54. The van der Waals surface area contributed by atoms with Crippen LogP contribution in [0.15, 0.2) is 38.2 Å². The number of nitrogens with one attached hydrogen (secondary N) is 1. The van der Waals surface area contributed by atoms with Crippen molar-refractivity contribution in [3.8, 4) is 0 Å². The van der Waals surface area contributed by atoms with E-state index in [1.807, 2.05) is 12.3 Å². The monoisotopic (exact) mass is 435 g/mol. The van der Waals surface area contributed by atoms with Crippen molar-refractivity contribution < 1.29 is 14.5 Å². The summed E-state index contributed by atoms with van der Waals surface area (Å²) < 4.78 is 0.683. The number of aryl methyl sites for hydroxylation is 1. The first kappa shape index (κ1) is 19.9. The van der Waals surface area contributed by atoms with Gasteiger partial charge in [-0.15, -0.1) is 22.7 Å². The van der Waals surface area contributed by atoms with Gasteiger partial charge >= 0.3 is 0 Å². The number of nitro groups is 1. The van der Waals surface area contributed by atoms with Crippen molar-refractivity contribution in [1.29, 1.82) is 0 Å². The molecule has 0 atom stereocenters. The molecule has 0 aliphatic carbocycles. The van der Waals surface area contributed by atoms with E-state index in [1.165, 1.54) is 41.3 Å². The zero-order valence-electron chi connectivity index (χ0n) is 14.4. The molecule has 2 heterocycles. The molecular formula is C16H13N5O4S3. The van der Waals surface area contributed by atoms with E-state index in [0.717, 1.165) is 17.0 Å². The van der Waals surface area contributed by atoms with Crippen LogP contribution >= 0.6 is 34.4 Å². The summed E-state index contributed by atoms with van der Waals surface area (Å²) in [4.78, 5) is 43.0. The molecule has 0 saturated carbocycles. The first-order valence-corrected chi connectivity index (χ1v) is 10.3. The number of primary amides is 1. The predicted octanol–water partition coefficient (Wildman–Crippen LogP) is 3.25. The molecule has 2 amide bonds. The van der Waals surface area contributed by atoms with E-state index in [0.29, 0.717) is 14.9 Å². The maximum atomic E-state index is 12.4. The minimum Gasteiger partial charge on any atom is -0.369 e. The number of nitro benzene ring substituents is 1. The lowest BCUT2D eigenvalue weighted by Crippen LogP contribution is -2.14. The summed E-state index contributed by atoms with van der Waals surface area (Å²) in [5, 5.41) is 17.8. The molecule has 0 spiro atoms. The van der Waals surface area contributed by atoms with Crippen molar-refractivity contribution in [1.82, 2.24) is 9.97 Å². The molecule has 0 aliphatic heterocycles. The van der Waals surface area contributed by atoms with Crippen LogP contribution in [0, 0.1) is 17.0 Å². The largest absolute Gasteiger partial charge is 0.369 e. The Labute approximate surface area is 171 Å². The quantitative estimate of drug-likeness (QED) is 0.428. The third kappa shape index (κ3) is 4.91. The number of carbonyl (C=O) groups excluding carboxylic acids is 2. The average molecular weight is 436 g/mol. The lowest BCUT2D eigenvalue weighted by molar-refractivity contribution is -0.387. The van der Waals surface area contributed by atoms with E-state index >= 15 is 0 Å². The first-order chi connectivity index (χ1) is 13.3. The number of nitrogens with zero attached hydrogens (tertiary/aromatic N) is 3. The van der Waals surface area contributed by atoms with Crippen molar-refractivity contribution in [2.45, 2.75) is 22.6 Å². The average Bonchev–Trinajstić information content (AvgIpc) is 3.23. The highest BCUT2D eigenvalue weighted by Crippen LogP contribution is 2.36. The number of thiazole rings is 2. The number of nitrogens with two attached hydrogens (primary N) is 1. The number of amides is 2. The number of hydrogen-bond donors (Lipinski definition) is 2. The maximum Gasteiger partial charge on any atom is 0.284 e. The van der Waals surface area contributed by atoms with E-state index in [2.05, 4.69) is 15.3 Å². The highest BCUT2D eigenvalue weighted by molar-refractivity contribution is 8.01. The van der Waals surface area contributed by atoms with Crippen LogP contribution in [0.5, 0.6) is 0 Å². The number of anilines is 1. The maximum absolute atomic E-state index is 12.4. The molecule has 3 aromatic rings. The Hall–Kier alpha value is -2.83. The molecule has 0 bridgehead atoms. The van der Waals surface area contributed by atoms with Gasteiger partial charge in [0.2, 0.25) is 5.91 Å². The summed E-state index contributed by atoms with van der Waals surface area (Å²) in [6.45, 7) is 1.84. The summed E-state index contributed by atoms with van der Waals surface area (Å²) in [5.41, 5.74) is 6.34. The molecule has 0 fully saturated rings. The minimum absolute atomic E-state index is 0.0278. The molecule has 2 aromatic heterocycles. The number of carbonyl (C=O) groups is 2. The summed E-state index contributed by atoms with van der Waals surface area (Å²) >= 11 is 3.71. The molecule has 0 saturated heterocycles. The fraction of sp³-hybridized carbons (Fsp3) is 0.125. The SMILES string of the molecule is Cc1csc(Sc2ccc(C(=O)Nc3nc(CC(N)=O)cs3)cc2[N+](=O)[O-])n1. The van der Waals surface area contributed by atoms with E-state index in [1.54, 1.807) is 5.38 Å². The van der Waals surface area contributed by atoms with Crippen molar-refractivity contribution in [3.05, 3.63) is 56.0 Å². The first-order valence-electron chi connectivity index (χ1n) is 7.74. The third-order valence-corrected chi connectivity index (χ3v) is 6.27. The van der Waals surface area contributed by atoms with Crippen LogP contribution in [0.2, 0.25) is 0 Å². The molecule has 0 radical (unpaired) electrons. The number of aromatic nitrogens is 2. The van der Waals surface area contributed by atoms with Gasteiger partial charge in [0.1, 0.15) is 0 Å². The van der Waals surface area contributed by atoms with E-state index in [4.69, 9.17) is 5.73 Å². The summed E-state index contributed by atoms with van der Waals surface area (Å²) in [7, 11) is 0. The molecule has 3 rings (SSSR count). The highest BCUT2D eigenvalue weighted by Gasteiger charge is 2.20. The predicted molar refractivity (Wildman–Crippen MR) is 107 cm³/mol. The van der Waals surface area contributed by atoms with Crippen molar-refractivity contribution >= 4 is 57.1 Å². The van der Waals surface area contributed by atoms with Crippen LogP contribution in [-0.4, -0.2) is 26.7 Å². The van der Waals surface area contributed by atoms with E-state index < -0.39 is 16.7 Å². The van der Waals surface area contributed by atoms with Crippen LogP contribution < -0.4 is 11.1 Å². The summed E-state index contributed by atoms with van der Waals surface area (Å²) in [5.74, 6) is -1.06. The Bertz CT molecular complexity index is 1060. The minimum atomic E-state index is -0.537. The van der Waals surface area contributed by atoms with Crippen molar-refractivity contribution in [2.24, 2.45) is 5.73 Å². The van der Waals surface area contributed by atoms with Gasteiger partial charge in [0.05, 0.1) is 21.9 Å². The van der Waals surface area contributed by atoms with Crippen LogP contribution in [-0.2, 0) is 11.2 Å². The Morgan fingerprint density at radius 2 is 2.07 bits per heavy atom. The second kappa shape index (κ2) is 8.46. The molecule has 1 aromatic carbocycles. The lowest BCUT2D eigenvalue weighted by Gasteiger charge is -2.05. The Balaban J connectivity index is 1.78. The summed E-state index contributed by atoms with van der Waals surface area (Å²) in [6.07, 6.45) is -0.0278. The molecule has 12 heteroatoms. The molecule has 0 unspecified atom stereocenters. The molecule has 144 valence electrons. The number of rotatable bonds is 7. The number of benzene rings is 1. The lowest BCUT2D eigenvalue weighted by atomic mass is 10.2. The van der Waals surface area contributed by atoms with Crippen molar-refractivity contribution in [3.63, 3.8) is 0 Å². The third-order valence-electron chi connectivity index (χ3n) is 3.34. The molecule has 3 N–H and O–H groups in total. The standard InChI is InChI=1S/C16H13N5O4S3/c1-8-6-27-16(18-8)28-12-3-2-9(4-11(12)21(24)25)14(23)20-15-19-10(7-26-15)5-13(17)22/h2-4,6-7H,5H2,1H3,(H2,17,22)(H,19,20,23). The smallest absolute Gasteiger partial charge is 0.284 e. The van der Waals surface area contributed by atoms with Gasteiger partial charge in [0.25, 0.3) is 11.6 Å². The normalized spacial score (nSPS) is 10.6. The Morgan fingerprint density at radius 1 is 1.29 bits per heavy atom. The van der Waals surface area contributed by atoms with Gasteiger partial charge in [-0.2, -0.15) is 0 Å². The zero-order chi connectivity index (χ0) is 20.3. The van der Waals surface area contributed by atoms with Gasteiger partial charge in [-0.3, -0.25) is 25.0 Å². The van der Waals surface area contributed by atoms with Crippen LogP contribution in [0.1, 0.15) is 21.7 Å². The fourth-order valence-corrected chi connectivity index (χ4v) is 4.74. The number of hydrogen-bond acceptors (Lipinski definition) is 9. The topological polar surface area (TPSA) is 141 Å². The molecule has 28 heavy (non-hydrogen) atoms. The van der Waals surface area contributed by atoms with Crippen LogP contribution in [0.25, 0.3) is 0 Å². The Kier molecular flexibility index (Phi) is 6.02. The zero-order valence-corrected chi connectivity index (χ0v) is 16.8.